The van der Waals surface area contributed by atoms with Crippen LogP contribution >= 0.6 is 0 Å². The molecule has 0 unspecified atom stereocenters. The van der Waals surface area contributed by atoms with E-state index in [2.05, 4.69) is 0 Å². The van der Waals surface area contributed by atoms with Crippen LogP contribution < -0.4 is 10.5 Å². The van der Waals surface area contributed by atoms with Crippen LogP contribution in [0.25, 0.3) is 0 Å². The summed E-state index contributed by atoms with van der Waals surface area (Å²) in [6.07, 6.45) is 6.19. The average Bonchev–Trinajstić information content (AvgIpc) is 2.79. The molecular formula is C17H25NO3. The summed E-state index contributed by atoms with van der Waals surface area (Å²) in [5, 5.41) is 0. The highest BCUT2D eigenvalue weighted by atomic mass is 16.5. The van der Waals surface area contributed by atoms with Gasteiger partial charge in [-0.25, -0.2) is 0 Å². The molecule has 0 spiro atoms. The van der Waals surface area contributed by atoms with Gasteiger partial charge in [0.2, 0.25) is 0 Å². The van der Waals surface area contributed by atoms with Crippen LogP contribution in [0.1, 0.15) is 44.1 Å². The molecule has 0 bridgehead atoms. The Balaban J connectivity index is 1.98. The minimum absolute atomic E-state index is 0.144. The van der Waals surface area contributed by atoms with Crippen LogP contribution in [-0.2, 0) is 16.1 Å². The predicted molar refractivity (Wildman–Crippen MR) is 82.0 cm³/mol. The van der Waals surface area contributed by atoms with E-state index in [9.17, 15) is 4.79 Å². The van der Waals surface area contributed by atoms with Crippen molar-refractivity contribution in [2.75, 3.05) is 13.7 Å². The van der Waals surface area contributed by atoms with Crippen molar-refractivity contribution in [3.8, 4) is 5.75 Å². The molecule has 0 heterocycles. The summed E-state index contributed by atoms with van der Waals surface area (Å²) in [6.45, 7) is 0.654. The van der Waals surface area contributed by atoms with Crippen molar-refractivity contribution < 1.29 is 14.3 Å². The molecular weight excluding hydrogens is 266 g/mol. The largest absolute Gasteiger partial charge is 0.497 e. The van der Waals surface area contributed by atoms with E-state index in [1.807, 2.05) is 24.3 Å². The fraction of sp³-hybridized carbons (Fsp3) is 0.588. The van der Waals surface area contributed by atoms with Gasteiger partial charge in [-0.1, -0.05) is 37.8 Å². The maximum absolute atomic E-state index is 12.5. The third kappa shape index (κ3) is 3.97. The van der Waals surface area contributed by atoms with E-state index in [4.69, 9.17) is 15.2 Å². The van der Waals surface area contributed by atoms with Crippen LogP contribution in [0.15, 0.2) is 24.3 Å². The number of benzene rings is 1. The van der Waals surface area contributed by atoms with Crippen LogP contribution in [0.2, 0.25) is 0 Å². The van der Waals surface area contributed by atoms with Crippen LogP contribution in [0.3, 0.4) is 0 Å². The number of methoxy groups -OCH3 is 1. The Morgan fingerprint density at radius 2 is 1.95 bits per heavy atom. The summed E-state index contributed by atoms with van der Waals surface area (Å²) < 4.78 is 10.7. The molecule has 2 N–H and O–H groups in total. The Hall–Kier alpha value is -1.55. The smallest absolute Gasteiger partial charge is 0.313 e. The Morgan fingerprint density at radius 1 is 1.24 bits per heavy atom. The Labute approximate surface area is 126 Å². The van der Waals surface area contributed by atoms with E-state index in [0.29, 0.717) is 6.54 Å². The first-order chi connectivity index (χ1) is 10.2. The van der Waals surface area contributed by atoms with Gasteiger partial charge in [-0.15, -0.1) is 0 Å². The molecule has 0 saturated heterocycles. The van der Waals surface area contributed by atoms with Crippen molar-refractivity contribution in [2.24, 2.45) is 11.1 Å². The number of esters is 1. The molecule has 1 aromatic rings. The molecule has 4 heteroatoms. The number of hydrogen-bond acceptors (Lipinski definition) is 4. The van der Waals surface area contributed by atoms with Crippen LogP contribution in [0, 0.1) is 5.41 Å². The number of carbonyl (C=O) groups is 1. The Bertz CT molecular complexity index is 465. The van der Waals surface area contributed by atoms with Crippen molar-refractivity contribution in [3.05, 3.63) is 29.8 Å². The molecule has 4 nitrogen and oxygen atoms in total. The van der Waals surface area contributed by atoms with Gasteiger partial charge in [0.15, 0.2) is 0 Å². The summed E-state index contributed by atoms with van der Waals surface area (Å²) in [5.74, 6) is 0.626. The van der Waals surface area contributed by atoms with E-state index in [-0.39, 0.29) is 12.6 Å². The lowest BCUT2D eigenvalue weighted by molar-refractivity contribution is -0.157. The van der Waals surface area contributed by atoms with E-state index in [0.717, 1.165) is 37.0 Å². The fourth-order valence-electron chi connectivity index (χ4n) is 2.96. The van der Waals surface area contributed by atoms with Crippen molar-refractivity contribution in [1.29, 1.82) is 0 Å². The summed E-state index contributed by atoms with van der Waals surface area (Å²) in [4.78, 5) is 12.5. The van der Waals surface area contributed by atoms with Crippen LogP contribution in [0.4, 0.5) is 0 Å². The van der Waals surface area contributed by atoms with Crippen molar-refractivity contribution >= 4 is 5.97 Å². The van der Waals surface area contributed by atoms with Gasteiger partial charge < -0.3 is 15.2 Å². The summed E-state index contributed by atoms with van der Waals surface area (Å²) in [7, 11) is 1.63. The Morgan fingerprint density at radius 3 is 2.57 bits per heavy atom. The van der Waals surface area contributed by atoms with Crippen LogP contribution in [0.5, 0.6) is 5.75 Å². The second-order valence-electron chi connectivity index (χ2n) is 5.83. The van der Waals surface area contributed by atoms with Gasteiger partial charge in [-0.3, -0.25) is 4.79 Å². The molecule has 0 amide bonds. The number of rotatable bonds is 5. The first kappa shape index (κ1) is 15.8. The minimum atomic E-state index is -0.477. The third-order valence-electron chi connectivity index (χ3n) is 4.39. The number of ether oxygens (including phenoxy) is 2. The molecule has 1 saturated carbocycles. The highest BCUT2D eigenvalue weighted by Gasteiger charge is 2.38. The molecule has 1 aromatic carbocycles. The normalized spacial score (nSPS) is 17.8. The van der Waals surface area contributed by atoms with Crippen molar-refractivity contribution in [3.63, 3.8) is 0 Å². The van der Waals surface area contributed by atoms with Gasteiger partial charge in [-0.2, -0.15) is 0 Å². The molecule has 0 aliphatic heterocycles. The average molecular weight is 291 g/mol. The SMILES string of the molecule is COc1cccc(COC(=O)C2(CN)CCCCCC2)c1. The second kappa shape index (κ2) is 7.46. The van der Waals surface area contributed by atoms with Crippen LogP contribution in [-0.4, -0.2) is 19.6 Å². The molecule has 21 heavy (non-hydrogen) atoms. The minimum Gasteiger partial charge on any atom is -0.497 e. The van der Waals surface area contributed by atoms with E-state index < -0.39 is 5.41 Å². The van der Waals surface area contributed by atoms with E-state index >= 15 is 0 Å². The maximum atomic E-state index is 12.5. The summed E-state index contributed by atoms with van der Waals surface area (Å²) >= 11 is 0. The van der Waals surface area contributed by atoms with Gasteiger partial charge in [-0.05, 0) is 30.5 Å². The lowest BCUT2D eigenvalue weighted by Crippen LogP contribution is -2.39. The predicted octanol–water partition coefficient (Wildman–Crippen LogP) is 3.04. The lowest BCUT2D eigenvalue weighted by Gasteiger charge is -2.28. The molecule has 1 aliphatic carbocycles. The van der Waals surface area contributed by atoms with Gasteiger partial charge >= 0.3 is 5.97 Å². The molecule has 2 rings (SSSR count). The molecule has 116 valence electrons. The fourth-order valence-corrected chi connectivity index (χ4v) is 2.96. The number of carbonyl (C=O) groups excluding carboxylic acids is 1. The zero-order valence-electron chi connectivity index (χ0n) is 12.8. The standard InChI is InChI=1S/C17H25NO3/c1-20-15-8-6-7-14(11-15)12-21-16(19)17(13-18)9-4-2-3-5-10-17/h6-8,11H,2-5,9-10,12-13,18H2,1H3. The van der Waals surface area contributed by atoms with Crippen molar-refractivity contribution in [1.82, 2.24) is 0 Å². The number of nitrogens with two attached hydrogens (primary N) is 1. The van der Waals surface area contributed by atoms with E-state index in [1.165, 1.54) is 12.8 Å². The second-order valence-corrected chi connectivity index (χ2v) is 5.83. The highest BCUT2D eigenvalue weighted by molar-refractivity contribution is 5.77. The molecule has 1 aliphatic rings. The maximum Gasteiger partial charge on any atom is 0.313 e. The highest BCUT2D eigenvalue weighted by Crippen LogP contribution is 2.35. The van der Waals surface area contributed by atoms with Gasteiger partial charge in [0.05, 0.1) is 12.5 Å². The van der Waals surface area contributed by atoms with Gasteiger partial charge in [0.25, 0.3) is 0 Å². The topological polar surface area (TPSA) is 61.5 Å². The van der Waals surface area contributed by atoms with Crippen molar-refractivity contribution in [2.45, 2.75) is 45.1 Å². The van der Waals surface area contributed by atoms with Gasteiger partial charge in [0.1, 0.15) is 12.4 Å². The summed E-state index contributed by atoms with van der Waals surface area (Å²) in [5.41, 5.74) is 6.36. The third-order valence-corrected chi connectivity index (χ3v) is 4.39. The van der Waals surface area contributed by atoms with Gasteiger partial charge in [0, 0.05) is 6.54 Å². The monoisotopic (exact) mass is 291 g/mol. The molecule has 0 aromatic heterocycles. The quantitative estimate of drug-likeness (QED) is 0.669. The first-order valence-electron chi connectivity index (χ1n) is 7.70. The Kier molecular flexibility index (Phi) is 5.62. The molecule has 0 atom stereocenters. The molecule has 0 radical (unpaired) electrons. The zero-order chi connectivity index (χ0) is 15.1. The van der Waals surface area contributed by atoms with E-state index in [1.54, 1.807) is 7.11 Å². The summed E-state index contributed by atoms with van der Waals surface area (Å²) in [6, 6.07) is 7.58. The zero-order valence-corrected chi connectivity index (χ0v) is 12.8. The number of hydrogen-bond donors (Lipinski definition) is 1. The lowest BCUT2D eigenvalue weighted by atomic mass is 9.80. The molecule has 1 fully saturated rings. The first-order valence-corrected chi connectivity index (χ1v) is 7.70.